The number of hydrogen-bond acceptors (Lipinski definition) is 4. The predicted octanol–water partition coefficient (Wildman–Crippen LogP) is 0.978. The van der Waals surface area contributed by atoms with Gasteiger partial charge in [-0.2, -0.15) is 0 Å². The molecule has 8 heteroatoms. The van der Waals surface area contributed by atoms with Gasteiger partial charge < -0.3 is 20.5 Å². The first kappa shape index (κ1) is 15.3. The Balaban J connectivity index is 2.14. The van der Waals surface area contributed by atoms with Crippen molar-refractivity contribution < 1.29 is 28.2 Å². The maximum Gasteiger partial charge on any atom is 0.338 e. The number of halogens is 2. The van der Waals surface area contributed by atoms with Gasteiger partial charge in [0.05, 0.1) is 23.4 Å². The number of nitrogens with one attached hydrogen (secondary N) is 2. The standard InChI is InChI=1S/C13H14F2N2O4/c1-21-6-2-11(16-5-6)12(18)17-10-3-7(13(19)20)8(14)4-9(10)15/h3-4,6,11,16H,2,5H2,1H3,(H,17,18)(H,19,20). The highest BCUT2D eigenvalue weighted by Gasteiger charge is 2.30. The molecule has 2 rings (SSSR count). The summed E-state index contributed by atoms with van der Waals surface area (Å²) in [5, 5.41) is 13.9. The number of carboxylic acid groups (broad SMARTS) is 1. The van der Waals surface area contributed by atoms with Crippen molar-refractivity contribution in [1.82, 2.24) is 5.32 Å². The molecule has 2 unspecified atom stereocenters. The number of anilines is 1. The van der Waals surface area contributed by atoms with Crippen LogP contribution < -0.4 is 10.6 Å². The fourth-order valence-corrected chi connectivity index (χ4v) is 2.11. The first-order valence-electron chi connectivity index (χ1n) is 6.21. The molecule has 1 amide bonds. The van der Waals surface area contributed by atoms with Crippen molar-refractivity contribution in [3.63, 3.8) is 0 Å². The molecule has 0 saturated carbocycles. The quantitative estimate of drug-likeness (QED) is 0.771. The molecule has 1 aliphatic heterocycles. The molecular formula is C13H14F2N2O4. The van der Waals surface area contributed by atoms with Gasteiger partial charge in [-0.1, -0.05) is 0 Å². The highest BCUT2D eigenvalue weighted by atomic mass is 19.1. The van der Waals surface area contributed by atoms with Crippen LogP contribution in [0, 0.1) is 11.6 Å². The Morgan fingerprint density at radius 1 is 1.38 bits per heavy atom. The van der Waals surface area contributed by atoms with E-state index in [9.17, 15) is 18.4 Å². The molecular weight excluding hydrogens is 286 g/mol. The number of ether oxygens (including phenoxy) is 1. The van der Waals surface area contributed by atoms with Crippen molar-refractivity contribution >= 4 is 17.6 Å². The summed E-state index contributed by atoms with van der Waals surface area (Å²) < 4.78 is 31.9. The van der Waals surface area contributed by atoms with Crippen LogP contribution in [0.2, 0.25) is 0 Å². The highest BCUT2D eigenvalue weighted by molar-refractivity contribution is 5.97. The molecule has 1 heterocycles. The van der Waals surface area contributed by atoms with Crippen molar-refractivity contribution in [3.05, 3.63) is 29.3 Å². The zero-order valence-corrected chi connectivity index (χ0v) is 11.2. The Labute approximate surface area is 119 Å². The molecule has 1 fully saturated rings. The van der Waals surface area contributed by atoms with E-state index in [1.165, 1.54) is 7.11 Å². The van der Waals surface area contributed by atoms with Crippen molar-refractivity contribution in [3.8, 4) is 0 Å². The van der Waals surface area contributed by atoms with Crippen molar-refractivity contribution in [2.45, 2.75) is 18.6 Å². The zero-order valence-electron chi connectivity index (χ0n) is 11.2. The highest BCUT2D eigenvalue weighted by Crippen LogP contribution is 2.21. The average molecular weight is 300 g/mol. The zero-order chi connectivity index (χ0) is 15.6. The Morgan fingerprint density at radius 3 is 2.67 bits per heavy atom. The van der Waals surface area contributed by atoms with Gasteiger partial charge in [-0.05, 0) is 12.5 Å². The minimum atomic E-state index is -1.54. The van der Waals surface area contributed by atoms with Crippen LogP contribution in [-0.4, -0.2) is 42.8 Å². The van der Waals surface area contributed by atoms with Crippen LogP contribution in [0.15, 0.2) is 12.1 Å². The monoisotopic (exact) mass is 300 g/mol. The van der Waals surface area contributed by atoms with Gasteiger partial charge in [0.1, 0.15) is 11.6 Å². The van der Waals surface area contributed by atoms with E-state index in [1.54, 1.807) is 0 Å². The molecule has 2 atom stereocenters. The van der Waals surface area contributed by atoms with Gasteiger partial charge >= 0.3 is 5.97 Å². The number of amides is 1. The van der Waals surface area contributed by atoms with Gasteiger partial charge in [-0.15, -0.1) is 0 Å². The van der Waals surface area contributed by atoms with Crippen LogP contribution in [0.1, 0.15) is 16.8 Å². The van der Waals surface area contributed by atoms with E-state index in [1.807, 2.05) is 0 Å². The second kappa shape index (κ2) is 6.15. The number of hydrogen-bond donors (Lipinski definition) is 3. The lowest BCUT2D eigenvalue weighted by Crippen LogP contribution is -2.35. The lowest BCUT2D eigenvalue weighted by Gasteiger charge is -2.12. The summed E-state index contributed by atoms with van der Waals surface area (Å²) in [5.41, 5.74) is -1.08. The lowest BCUT2D eigenvalue weighted by molar-refractivity contribution is -0.118. The maximum atomic E-state index is 13.6. The fraction of sp³-hybridized carbons (Fsp3) is 0.385. The third kappa shape index (κ3) is 3.34. The molecule has 0 aromatic heterocycles. The van der Waals surface area contributed by atoms with Gasteiger partial charge in [0.2, 0.25) is 5.91 Å². The maximum absolute atomic E-state index is 13.6. The van der Waals surface area contributed by atoms with E-state index in [-0.39, 0.29) is 11.8 Å². The molecule has 0 bridgehead atoms. The van der Waals surface area contributed by atoms with E-state index >= 15 is 0 Å². The number of aromatic carboxylic acids is 1. The van der Waals surface area contributed by atoms with Crippen molar-refractivity contribution in [2.24, 2.45) is 0 Å². The first-order chi connectivity index (χ1) is 9.92. The molecule has 1 saturated heterocycles. The van der Waals surface area contributed by atoms with E-state index in [0.29, 0.717) is 19.0 Å². The van der Waals surface area contributed by atoms with Gasteiger partial charge in [0, 0.05) is 19.7 Å². The lowest BCUT2D eigenvalue weighted by atomic mass is 10.1. The van der Waals surface area contributed by atoms with E-state index in [0.717, 1.165) is 6.07 Å². The second-order valence-corrected chi connectivity index (χ2v) is 4.66. The van der Waals surface area contributed by atoms with Gasteiger partial charge in [-0.3, -0.25) is 4.79 Å². The summed E-state index contributed by atoms with van der Waals surface area (Å²) in [6.07, 6.45) is 0.296. The van der Waals surface area contributed by atoms with E-state index in [4.69, 9.17) is 9.84 Å². The number of benzene rings is 1. The van der Waals surface area contributed by atoms with Crippen LogP contribution in [0.4, 0.5) is 14.5 Å². The molecule has 1 aliphatic rings. The summed E-state index contributed by atoms with van der Waals surface area (Å²) in [7, 11) is 1.52. The Kier molecular flexibility index (Phi) is 4.49. The van der Waals surface area contributed by atoms with Crippen LogP contribution >= 0.6 is 0 Å². The summed E-state index contributed by atoms with van der Waals surface area (Å²) in [6.45, 7) is 0.487. The third-order valence-corrected chi connectivity index (χ3v) is 3.29. The molecule has 0 spiro atoms. The molecule has 114 valence electrons. The number of carboxylic acids is 1. The fourth-order valence-electron chi connectivity index (χ4n) is 2.11. The Morgan fingerprint density at radius 2 is 2.10 bits per heavy atom. The summed E-state index contributed by atoms with van der Waals surface area (Å²) >= 11 is 0. The van der Waals surface area contributed by atoms with Crippen molar-refractivity contribution in [2.75, 3.05) is 19.0 Å². The summed E-state index contributed by atoms with van der Waals surface area (Å²) in [6, 6.07) is 0.611. The summed E-state index contributed by atoms with van der Waals surface area (Å²) in [4.78, 5) is 22.8. The van der Waals surface area contributed by atoms with E-state index in [2.05, 4.69) is 10.6 Å². The van der Waals surface area contributed by atoms with Gasteiger partial charge in [0.25, 0.3) is 0 Å². The minimum Gasteiger partial charge on any atom is -0.478 e. The SMILES string of the molecule is COC1CNC(C(=O)Nc2cc(C(=O)O)c(F)cc2F)C1. The first-order valence-corrected chi connectivity index (χ1v) is 6.21. The van der Waals surface area contributed by atoms with Crippen LogP contribution in [-0.2, 0) is 9.53 Å². The second-order valence-electron chi connectivity index (χ2n) is 4.66. The van der Waals surface area contributed by atoms with Gasteiger partial charge in [-0.25, -0.2) is 13.6 Å². The normalized spacial score (nSPS) is 21.3. The predicted molar refractivity (Wildman–Crippen MR) is 69.2 cm³/mol. The largest absolute Gasteiger partial charge is 0.478 e. The minimum absolute atomic E-state index is 0.117. The molecule has 1 aromatic rings. The number of methoxy groups -OCH3 is 1. The molecule has 3 N–H and O–H groups in total. The van der Waals surface area contributed by atoms with Crippen LogP contribution in [0.3, 0.4) is 0 Å². The molecule has 1 aromatic carbocycles. The van der Waals surface area contributed by atoms with Crippen LogP contribution in [0.25, 0.3) is 0 Å². The molecule has 6 nitrogen and oxygen atoms in total. The van der Waals surface area contributed by atoms with Crippen molar-refractivity contribution in [1.29, 1.82) is 0 Å². The van der Waals surface area contributed by atoms with E-state index < -0.39 is 35.1 Å². The Bertz CT molecular complexity index is 580. The van der Waals surface area contributed by atoms with Crippen LogP contribution in [0.5, 0.6) is 0 Å². The Hall–Kier alpha value is -2.06. The summed E-state index contributed by atoms with van der Waals surface area (Å²) in [5.74, 6) is -4.30. The van der Waals surface area contributed by atoms with Gasteiger partial charge in [0.15, 0.2) is 0 Å². The third-order valence-electron chi connectivity index (χ3n) is 3.29. The number of carbonyl (C=O) groups excluding carboxylic acids is 1. The smallest absolute Gasteiger partial charge is 0.338 e. The molecule has 21 heavy (non-hydrogen) atoms. The average Bonchev–Trinajstić information content (AvgIpc) is 2.90. The number of carbonyl (C=O) groups is 2. The molecule has 0 aliphatic carbocycles. The molecule has 0 radical (unpaired) electrons. The number of rotatable bonds is 4. The topological polar surface area (TPSA) is 87.7 Å².